The standard InChI is InChI=1S/C18H20N4O4/c23-6-5-22-16-11-20(9-13(16)8-19-22)18(26)12-7-17(25)21(10-12)14-1-3-15(24)4-2-14/h1-4,8,12,23-24H,5-7,9-11H2/t12-/m0/s1. The van der Waals surface area contributed by atoms with Gasteiger partial charge >= 0.3 is 0 Å². The minimum absolute atomic E-state index is 0.000777. The van der Waals surface area contributed by atoms with Crippen molar-refractivity contribution in [3.63, 3.8) is 0 Å². The average molecular weight is 356 g/mol. The summed E-state index contributed by atoms with van der Waals surface area (Å²) in [4.78, 5) is 28.6. The van der Waals surface area contributed by atoms with Crippen molar-refractivity contribution >= 4 is 17.5 Å². The van der Waals surface area contributed by atoms with E-state index in [1.165, 1.54) is 12.1 Å². The van der Waals surface area contributed by atoms with Gasteiger partial charge in [0, 0.05) is 30.8 Å². The predicted octanol–water partition coefficient (Wildman–Crippen LogP) is 0.476. The molecule has 0 radical (unpaired) electrons. The van der Waals surface area contributed by atoms with Crippen LogP contribution in [0.15, 0.2) is 30.5 Å². The number of aromatic nitrogens is 2. The highest BCUT2D eigenvalue weighted by Gasteiger charge is 2.39. The first kappa shape index (κ1) is 16.6. The second-order valence-electron chi connectivity index (χ2n) is 6.68. The van der Waals surface area contributed by atoms with E-state index in [4.69, 9.17) is 5.11 Å². The maximum Gasteiger partial charge on any atom is 0.228 e. The van der Waals surface area contributed by atoms with Gasteiger partial charge < -0.3 is 20.0 Å². The molecule has 8 heteroatoms. The van der Waals surface area contributed by atoms with Crippen LogP contribution in [-0.4, -0.2) is 49.9 Å². The number of fused-ring (bicyclic) bond motifs is 1. The molecule has 1 saturated heterocycles. The van der Waals surface area contributed by atoms with E-state index in [1.807, 2.05) is 0 Å². The van der Waals surface area contributed by atoms with E-state index in [2.05, 4.69) is 5.10 Å². The third kappa shape index (κ3) is 2.82. The van der Waals surface area contributed by atoms with Crippen molar-refractivity contribution in [2.75, 3.05) is 18.1 Å². The normalized spacial score (nSPS) is 19.3. The van der Waals surface area contributed by atoms with Crippen LogP contribution < -0.4 is 4.90 Å². The van der Waals surface area contributed by atoms with Gasteiger partial charge in [-0.3, -0.25) is 14.3 Å². The second kappa shape index (κ2) is 6.45. The van der Waals surface area contributed by atoms with Gasteiger partial charge in [-0.2, -0.15) is 5.10 Å². The number of phenols is 1. The molecule has 2 aliphatic heterocycles. The van der Waals surface area contributed by atoms with Gasteiger partial charge in [0.2, 0.25) is 11.8 Å². The number of hydrogen-bond donors (Lipinski definition) is 2. The molecule has 0 saturated carbocycles. The Balaban J connectivity index is 1.45. The second-order valence-corrected chi connectivity index (χ2v) is 6.68. The van der Waals surface area contributed by atoms with Crippen LogP contribution in [0.2, 0.25) is 0 Å². The van der Waals surface area contributed by atoms with Gasteiger partial charge in [0.25, 0.3) is 0 Å². The Hall–Kier alpha value is -2.87. The van der Waals surface area contributed by atoms with Crippen molar-refractivity contribution in [3.05, 3.63) is 41.7 Å². The molecule has 0 bridgehead atoms. The molecule has 1 fully saturated rings. The molecular weight excluding hydrogens is 336 g/mol. The molecule has 4 rings (SSSR count). The summed E-state index contributed by atoms with van der Waals surface area (Å²) in [5.74, 6) is -0.358. The topological polar surface area (TPSA) is 98.9 Å². The molecule has 8 nitrogen and oxygen atoms in total. The van der Waals surface area contributed by atoms with E-state index in [0.29, 0.717) is 31.9 Å². The summed E-state index contributed by atoms with van der Waals surface area (Å²) in [6.45, 7) is 1.70. The zero-order chi connectivity index (χ0) is 18.3. The fraction of sp³-hybridized carbons (Fsp3) is 0.389. The van der Waals surface area contributed by atoms with Crippen molar-refractivity contribution in [3.8, 4) is 5.75 Å². The molecule has 0 unspecified atom stereocenters. The largest absolute Gasteiger partial charge is 0.508 e. The van der Waals surface area contributed by atoms with Crippen LogP contribution in [0.25, 0.3) is 0 Å². The van der Waals surface area contributed by atoms with Crippen LogP contribution >= 0.6 is 0 Å². The highest BCUT2D eigenvalue weighted by molar-refractivity contribution is 6.00. The number of amides is 2. The summed E-state index contributed by atoms with van der Waals surface area (Å²) in [6, 6.07) is 6.41. The summed E-state index contributed by atoms with van der Waals surface area (Å²) >= 11 is 0. The Morgan fingerprint density at radius 3 is 2.73 bits per heavy atom. The lowest BCUT2D eigenvalue weighted by atomic mass is 10.1. The molecule has 0 aliphatic carbocycles. The molecule has 2 aliphatic rings. The van der Waals surface area contributed by atoms with Crippen molar-refractivity contribution in [1.29, 1.82) is 0 Å². The first-order chi connectivity index (χ1) is 12.6. The number of aliphatic hydroxyl groups is 1. The minimum Gasteiger partial charge on any atom is -0.508 e. The Labute approximate surface area is 150 Å². The predicted molar refractivity (Wildman–Crippen MR) is 92.1 cm³/mol. The fourth-order valence-electron chi connectivity index (χ4n) is 3.66. The van der Waals surface area contributed by atoms with Crippen LogP contribution in [0.5, 0.6) is 5.75 Å². The average Bonchev–Trinajstić information content (AvgIpc) is 3.31. The van der Waals surface area contributed by atoms with Gasteiger partial charge in [-0.15, -0.1) is 0 Å². The van der Waals surface area contributed by atoms with Gasteiger partial charge in [0.05, 0.1) is 37.5 Å². The van der Waals surface area contributed by atoms with Crippen molar-refractivity contribution < 1.29 is 19.8 Å². The number of carbonyl (C=O) groups excluding carboxylic acids is 2. The van der Waals surface area contributed by atoms with Crippen LogP contribution in [0.3, 0.4) is 0 Å². The summed E-state index contributed by atoms with van der Waals surface area (Å²) in [7, 11) is 0. The lowest BCUT2D eigenvalue weighted by Gasteiger charge is -2.21. The van der Waals surface area contributed by atoms with Gasteiger partial charge in [-0.25, -0.2) is 0 Å². The lowest BCUT2D eigenvalue weighted by Crippen LogP contribution is -2.34. The van der Waals surface area contributed by atoms with Crippen LogP contribution in [0, 0.1) is 5.92 Å². The number of carbonyl (C=O) groups is 2. The van der Waals surface area contributed by atoms with Crippen molar-refractivity contribution in [2.45, 2.75) is 26.1 Å². The number of aliphatic hydroxyl groups excluding tert-OH is 1. The van der Waals surface area contributed by atoms with E-state index >= 15 is 0 Å². The first-order valence-corrected chi connectivity index (χ1v) is 8.59. The highest BCUT2D eigenvalue weighted by Crippen LogP contribution is 2.30. The summed E-state index contributed by atoms with van der Waals surface area (Å²) < 4.78 is 1.73. The SMILES string of the molecule is O=C([C@H]1CC(=O)N(c2ccc(O)cc2)C1)N1Cc2cnn(CCO)c2C1. The van der Waals surface area contributed by atoms with Gasteiger partial charge in [0.1, 0.15) is 5.75 Å². The number of phenolic OH excluding ortho intramolecular Hbond substituents is 1. The molecule has 3 heterocycles. The minimum atomic E-state index is -0.375. The molecule has 2 N–H and O–H groups in total. The van der Waals surface area contributed by atoms with Gasteiger partial charge in [-0.05, 0) is 24.3 Å². The van der Waals surface area contributed by atoms with Crippen molar-refractivity contribution in [2.24, 2.45) is 5.92 Å². The number of anilines is 1. The molecule has 26 heavy (non-hydrogen) atoms. The zero-order valence-corrected chi connectivity index (χ0v) is 14.2. The van der Waals surface area contributed by atoms with Crippen LogP contribution in [0.1, 0.15) is 17.7 Å². The van der Waals surface area contributed by atoms with Crippen molar-refractivity contribution in [1.82, 2.24) is 14.7 Å². The van der Waals surface area contributed by atoms with E-state index < -0.39 is 0 Å². The van der Waals surface area contributed by atoms with Gasteiger partial charge in [0.15, 0.2) is 0 Å². The zero-order valence-electron chi connectivity index (χ0n) is 14.2. The molecule has 1 aromatic heterocycles. The van der Waals surface area contributed by atoms with Crippen LogP contribution in [0.4, 0.5) is 5.69 Å². The molecule has 2 amide bonds. The molecule has 1 atom stereocenters. The summed E-state index contributed by atoms with van der Waals surface area (Å²) in [5.41, 5.74) is 2.63. The van der Waals surface area contributed by atoms with E-state index in [0.717, 1.165) is 11.3 Å². The van der Waals surface area contributed by atoms with E-state index in [9.17, 15) is 14.7 Å². The lowest BCUT2D eigenvalue weighted by molar-refractivity contribution is -0.136. The molecule has 136 valence electrons. The number of nitrogens with zero attached hydrogens (tertiary/aromatic N) is 4. The fourth-order valence-corrected chi connectivity index (χ4v) is 3.66. The molecular formula is C18H20N4O4. The molecule has 0 spiro atoms. The van der Waals surface area contributed by atoms with Gasteiger partial charge in [-0.1, -0.05) is 0 Å². The summed E-state index contributed by atoms with van der Waals surface area (Å²) in [5, 5.41) is 22.7. The third-order valence-electron chi connectivity index (χ3n) is 5.00. The Kier molecular flexibility index (Phi) is 4.12. The number of benzene rings is 1. The Morgan fingerprint density at radius 2 is 2.00 bits per heavy atom. The summed E-state index contributed by atoms with van der Waals surface area (Å²) in [6.07, 6.45) is 1.93. The molecule has 1 aromatic carbocycles. The first-order valence-electron chi connectivity index (χ1n) is 8.59. The maximum absolute atomic E-state index is 12.9. The number of rotatable bonds is 4. The Bertz CT molecular complexity index is 845. The number of aromatic hydroxyl groups is 1. The smallest absolute Gasteiger partial charge is 0.228 e. The maximum atomic E-state index is 12.9. The number of hydrogen-bond acceptors (Lipinski definition) is 5. The Morgan fingerprint density at radius 1 is 1.23 bits per heavy atom. The van der Waals surface area contributed by atoms with E-state index in [1.54, 1.807) is 32.8 Å². The highest BCUT2D eigenvalue weighted by atomic mass is 16.3. The molecule has 2 aromatic rings. The monoisotopic (exact) mass is 356 g/mol. The quantitative estimate of drug-likeness (QED) is 0.830. The van der Waals surface area contributed by atoms with E-state index in [-0.39, 0.29) is 36.5 Å². The van der Waals surface area contributed by atoms with Crippen LogP contribution in [-0.2, 0) is 29.2 Å². The third-order valence-corrected chi connectivity index (χ3v) is 5.00.